The van der Waals surface area contributed by atoms with Crippen LogP contribution in [0.1, 0.15) is 5.56 Å². The standard InChI is InChI=1S/C9H9FN2/c10-8-4-9-6(1-2-12-9)3-7(8)5-11/h1-4,12H,5,11H2. The summed E-state index contributed by atoms with van der Waals surface area (Å²) in [5, 5.41) is 0.997. The predicted molar refractivity (Wildman–Crippen MR) is 46.1 cm³/mol. The van der Waals surface area contributed by atoms with E-state index in [0.29, 0.717) is 5.56 Å². The Morgan fingerprint density at radius 1 is 1.42 bits per heavy atom. The van der Waals surface area contributed by atoms with Crippen molar-refractivity contribution in [3.05, 3.63) is 35.8 Å². The Bertz CT molecular complexity index is 406. The third-order valence-electron chi connectivity index (χ3n) is 1.94. The van der Waals surface area contributed by atoms with Crippen molar-refractivity contribution in [3.63, 3.8) is 0 Å². The topological polar surface area (TPSA) is 41.8 Å². The number of nitrogens with one attached hydrogen (secondary N) is 1. The number of aromatic nitrogens is 1. The number of rotatable bonds is 1. The van der Waals surface area contributed by atoms with E-state index in [1.807, 2.05) is 6.07 Å². The number of hydrogen-bond donors (Lipinski definition) is 2. The van der Waals surface area contributed by atoms with Crippen molar-refractivity contribution in [2.75, 3.05) is 0 Å². The largest absolute Gasteiger partial charge is 0.361 e. The van der Waals surface area contributed by atoms with Gasteiger partial charge in [-0.15, -0.1) is 0 Å². The number of hydrogen-bond acceptors (Lipinski definition) is 1. The van der Waals surface area contributed by atoms with Crippen LogP contribution in [-0.2, 0) is 6.54 Å². The summed E-state index contributed by atoms with van der Waals surface area (Å²) < 4.78 is 13.1. The lowest BCUT2D eigenvalue weighted by Crippen LogP contribution is -1.99. The molecular weight excluding hydrogens is 155 g/mol. The van der Waals surface area contributed by atoms with Gasteiger partial charge in [-0.3, -0.25) is 0 Å². The van der Waals surface area contributed by atoms with Gasteiger partial charge in [0.05, 0.1) is 0 Å². The first-order chi connectivity index (χ1) is 5.81. The molecule has 0 radical (unpaired) electrons. The number of H-pyrrole nitrogens is 1. The Hall–Kier alpha value is -1.35. The van der Waals surface area contributed by atoms with E-state index in [1.54, 1.807) is 12.3 Å². The second kappa shape index (κ2) is 2.60. The van der Waals surface area contributed by atoms with Crippen molar-refractivity contribution < 1.29 is 4.39 Å². The van der Waals surface area contributed by atoms with Gasteiger partial charge in [0.15, 0.2) is 0 Å². The normalized spacial score (nSPS) is 10.8. The first kappa shape index (κ1) is 7.31. The highest BCUT2D eigenvalue weighted by Crippen LogP contribution is 2.17. The van der Waals surface area contributed by atoms with Gasteiger partial charge in [-0.25, -0.2) is 4.39 Å². The minimum atomic E-state index is -0.243. The fraction of sp³-hybridized carbons (Fsp3) is 0.111. The number of halogens is 1. The molecule has 0 unspecified atom stereocenters. The maximum Gasteiger partial charge on any atom is 0.129 e. The minimum absolute atomic E-state index is 0.243. The second-order valence-corrected chi connectivity index (χ2v) is 2.71. The van der Waals surface area contributed by atoms with E-state index in [2.05, 4.69) is 4.98 Å². The Kier molecular flexibility index (Phi) is 1.59. The molecule has 3 heteroatoms. The fourth-order valence-corrected chi connectivity index (χ4v) is 1.28. The SMILES string of the molecule is NCc1cc2cc[nH]c2cc1F. The number of benzene rings is 1. The molecule has 0 fully saturated rings. The van der Waals surface area contributed by atoms with Crippen LogP contribution in [0.3, 0.4) is 0 Å². The summed E-state index contributed by atoms with van der Waals surface area (Å²) in [6, 6.07) is 5.13. The maximum absolute atomic E-state index is 13.1. The summed E-state index contributed by atoms with van der Waals surface area (Å²) in [5.41, 5.74) is 6.73. The average Bonchev–Trinajstić information content (AvgIpc) is 2.49. The van der Waals surface area contributed by atoms with E-state index in [0.717, 1.165) is 10.9 Å². The molecule has 1 aromatic carbocycles. The van der Waals surface area contributed by atoms with Crippen molar-refractivity contribution in [3.8, 4) is 0 Å². The molecule has 2 nitrogen and oxygen atoms in total. The van der Waals surface area contributed by atoms with Crippen molar-refractivity contribution in [2.45, 2.75) is 6.54 Å². The zero-order valence-electron chi connectivity index (χ0n) is 6.47. The van der Waals surface area contributed by atoms with Crippen LogP contribution in [0, 0.1) is 5.82 Å². The molecule has 1 aromatic heterocycles. The van der Waals surface area contributed by atoms with Gasteiger partial charge in [0.25, 0.3) is 0 Å². The zero-order chi connectivity index (χ0) is 8.55. The van der Waals surface area contributed by atoms with Crippen LogP contribution in [0.2, 0.25) is 0 Å². The highest BCUT2D eigenvalue weighted by atomic mass is 19.1. The van der Waals surface area contributed by atoms with E-state index in [4.69, 9.17) is 5.73 Å². The van der Waals surface area contributed by atoms with E-state index >= 15 is 0 Å². The molecule has 0 atom stereocenters. The van der Waals surface area contributed by atoms with Crippen LogP contribution in [-0.4, -0.2) is 4.98 Å². The van der Waals surface area contributed by atoms with Crippen molar-refractivity contribution in [2.24, 2.45) is 5.73 Å². The van der Waals surface area contributed by atoms with Gasteiger partial charge in [0.1, 0.15) is 5.82 Å². The molecule has 2 aromatic rings. The van der Waals surface area contributed by atoms with Crippen molar-refractivity contribution >= 4 is 10.9 Å². The van der Waals surface area contributed by atoms with Gasteiger partial charge in [0.2, 0.25) is 0 Å². The Morgan fingerprint density at radius 2 is 2.25 bits per heavy atom. The van der Waals surface area contributed by atoms with Gasteiger partial charge in [-0.1, -0.05) is 0 Å². The lowest BCUT2D eigenvalue weighted by Gasteiger charge is -1.98. The highest BCUT2D eigenvalue weighted by Gasteiger charge is 2.02. The molecule has 0 aliphatic rings. The number of fused-ring (bicyclic) bond motifs is 1. The highest BCUT2D eigenvalue weighted by molar-refractivity contribution is 5.80. The first-order valence-corrected chi connectivity index (χ1v) is 3.77. The Labute approximate surface area is 69.2 Å². The second-order valence-electron chi connectivity index (χ2n) is 2.71. The van der Waals surface area contributed by atoms with Crippen LogP contribution in [0.4, 0.5) is 4.39 Å². The van der Waals surface area contributed by atoms with Crippen LogP contribution in [0.5, 0.6) is 0 Å². The third kappa shape index (κ3) is 0.987. The smallest absolute Gasteiger partial charge is 0.129 e. The Morgan fingerprint density at radius 3 is 3.00 bits per heavy atom. The summed E-state index contributed by atoms with van der Waals surface area (Å²) >= 11 is 0. The van der Waals surface area contributed by atoms with Crippen molar-refractivity contribution in [1.29, 1.82) is 0 Å². The predicted octanol–water partition coefficient (Wildman–Crippen LogP) is 1.77. The zero-order valence-corrected chi connectivity index (χ0v) is 6.47. The minimum Gasteiger partial charge on any atom is -0.361 e. The fourth-order valence-electron chi connectivity index (χ4n) is 1.28. The average molecular weight is 164 g/mol. The monoisotopic (exact) mass is 164 g/mol. The van der Waals surface area contributed by atoms with E-state index in [9.17, 15) is 4.39 Å². The molecule has 2 rings (SSSR count). The molecule has 0 aliphatic heterocycles. The van der Waals surface area contributed by atoms with E-state index in [1.165, 1.54) is 6.07 Å². The molecule has 0 spiro atoms. The molecule has 0 bridgehead atoms. The lowest BCUT2D eigenvalue weighted by atomic mass is 10.1. The summed E-state index contributed by atoms with van der Waals surface area (Å²) in [6.07, 6.45) is 1.78. The van der Waals surface area contributed by atoms with Gasteiger partial charge in [0, 0.05) is 23.8 Å². The molecule has 0 saturated heterocycles. The summed E-state index contributed by atoms with van der Waals surface area (Å²) in [4.78, 5) is 2.93. The lowest BCUT2D eigenvalue weighted by molar-refractivity contribution is 0.612. The van der Waals surface area contributed by atoms with Crippen LogP contribution < -0.4 is 5.73 Å². The molecule has 0 amide bonds. The third-order valence-corrected chi connectivity index (χ3v) is 1.94. The van der Waals surface area contributed by atoms with Gasteiger partial charge >= 0.3 is 0 Å². The summed E-state index contributed by atoms with van der Waals surface area (Å²) in [7, 11) is 0. The molecule has 0 saturated carbocycles. The maximum atomic E-state index is 13.1. The summed E-state index contributed by atoms with van der Waals surface area (Å²) in [6.45, 7) is 0.243. The van der Waals surface area contributed by atoms with Crippen LogP contribution in [0.25, 0.3) is 10.9 Å². The van der Waals surface area contributed by atoms with Crippen LogP contribution in [0.15, 0.2) is 24.4 Å². The Balaban J connectivity index is 2.73. The van der Waals surface area contributed by atoms with E-state index < -0.39 is 0 Å². The molecule has 1 heterocycles. The van der Waals surface area contributed by atoms with Crippen molar-refractivity contribution in [1.82, 2.24) is 4.98 Å². The van der Waals surface area contributed by atoms with Crippen LogP contribution >= 0.6 is 0 Å². The molecule has 0 aliphatic carbocycles. The number of nitrogens with two attached hydrogens (primary N) is 1. The molecule has 62 valence electrons. The van der Waals surface area contributed by atoms with Gasteiger partial charge < -0.3 is 10.7 Å². The first-order valence-electron chi connectivity index (χ1n) is 3.77. The molecule has 12 heavy (non-hydrogen) atoms. The van der Waals surface area contributed by atoms with E-state index in [-0.39, 0.29) is 12.4 Å². The number of aromatic amines is 1. The molecular formula is C9H9FN2. The summed E-state index contributed by atoms with van der Waals surface area (Å²) in [5.74, 6) is -0.243. The van der Waals surface area contributed by atoms with Gasteiger partial charge in [-0.05, 0) is 23.6 Å². The van der Waals surface area contributed by atoms with Gasteiger partial charge in [-0.2, -0.15) is 0 Å². The quantitative estimate of drug-likeness (QED) is 0.662. The molecule has 3 N–H and O–H groups in total.